The second-order valence-corrected chi connectivity index (χ2v) is 10.7. The maximum Gasteiger partial charge on any atom is 0.322 e. The third kappa shape index (κ3) is 19.0. The molecule has 19 nitrogen and oxygen atoms in total. The quantitative estimate of drug-likeness (QED) is 0.0528. The number of carboxylic acids is 4. The summed E-state index contributed by atoms with van der Waals surface area (Å²) in [5.41, 5.74) is 10.7. The number of rotatable bonds is 22. The van der Waals surface area contributed by atoms with Crippen LogP contribution in [0, 0.1) is 0 Å². The van der Waals surface area contributed by atoms with Gasteiger partial charge in [0.05, 0.1) is 5.75 Å². The van der Waals surface area contributed by atoms with Crippen molar-refractivity contribution in [1.82, 2.24) is 21.3 Å². The van der Waals surface area contributed by atoms with Gasteiger partial charge in [0.1, 0.15) is 37.3 Å². The Kier molecular flexibility index (Phi) is 18.9. The lowest BCUT2D eigenvalue weighted by molar-refractivity contribution is -0.140. The van der Waals surface area contributed by atoms with Crippen LogP contribution in [-0.4, -0.2) is 128 Å². The number of carbonyl (C=O) groups is 9. The molecule has 0 bridgehead atoms. The average molecular weight is 655 g/mol. The van der Waals surface area contributed by atoms with Gasteiger partial charge in [-0.1, -0.05) is 11.8 Å². The molecule has 0 heterocycles. The van der Waals surface area contributed by atoms with E-state index in [1.165, 1.54) is 0 Å². The van der Waals surface area contributed by atoms with Crippen LogP contribution in [0.2, 0.25) is 0 Å². The Hall–Kier alpha value is -3.95. The van der Waals surface area contributed by atoms with Gasteiger partial charge in [-0.25, -0.2) is 0 Å². The summed E-state index contributed by atoms with van der Waals surface area (Å²) in [6.45, 7) is -1.53. The minimum Gasteiger partial charge on any atom is -0.480 e. The average Bonchev–Trinajstić information content (AvgIpc) is 2.93. The summed E-state index contributed by atoms with van der Waals surface area (Å²) in [6.07, 6.45) is -1.21. The topological polar surface area (TPSA) is 335 Å². The number of nitrogens with two attached hydrogens (primary N) is 2. The van der Waals surface area contributed by atoms with Crippen LogP contribution < -0.4 is 32.7 Å². The zero-order valence-corrected chi connectivity index (χ0v) is 24.2. The molecule has 0 aliphatic heterocycles. The molecular weight excluding hydrogens is 620 g/mol. The fraction of sp³-hybridized carbons (Fsp3) is 0.591. The Bertz CT molecular complexity index is 1060. The van der Waals surface area contributed by atoms with E-state index in [4.69, 9.17) is 31.9 Å². The molecule has 4 atom stereocenters. The molecule has 0 rings (SSSR count). The smallest absolute Gasteiger partial charge is 0.322 e. The van der Waals surface area contributed by atoms with Gasteiger partial charge in [0, 0.05) is 24.3 Å². The molecule has 43 heavy (non-hydrogen) atoms. The van der Waals surface area contributed by atoms with Crippen LogP contribution in [-0.2, 0) is 43.2 Å². The maximum absolute atomic E-state index is 12.4. The number of nitrogens with one attached hydrogen (secondary N) is 4. The molecule has 0 fully saturated rings. The molecule has 0 aromatic heterocycles. The largest absolute Gasteiger partial charge is 0.480 e. The number of carboxylic acid groups (broad SMARTS) is 4. The third-order valence-electron chi connectivity index (χ3n) is 5.05. The van der Waals surface area contributed by atoms with Gasteiger partial charge in [0.25, 0.3) is 0 Å². The number of thioether (sulfide) groups is 2. The summed E-state index contributed by atoms with van der Waals surface area (Å²) in [5.74, 6) is -9.56. The van der Waals surface area contributed by atoms with E-state index in [0.717, 1.165) is 11.8 Å². The zero-order valence-electron chi connectivity index (χ0n) is 22.6. The third-order valence-corrected chi connectivity index (χ3v) is 7.23. The molecule has 0 unspecified atom stereocenters. The molecule has 242 valence electrons. The SMILES string of the molecule is N[C@@H](CCC(=O)N[C@@H](CSCC(=O)SC[C@H](NC(=O)CC[C@H](N)C(=O)O)C(=O)NCC(=O)O)C(=O)NCC(=O)O)C(=O)O. The van der Waals surface area contributed by atoms with Gasteiger partial charge in [-0.15, -0.1) is 0 Å². The standard InChI is InChI=1S/C22H34N6O13S2/c23-10(21(38)39)1-3-14(29)27-12(19(36)25-5-16(31)32)7-42-9-18(35)43-8-13(20(37)26-6-17(33)34)28-15(30)4-2-11(24)22(40)41/h10-13H,1-9,23-24H2,(H,25,36)(H,26,37)(H,27,29)(H,28,30)(H,31,32)(H,33,34)(H,38,39)(H,40,41)/t10-,11-,12-,13-/m0/s1. The molecule has 0 aliphatic carbocycles. The number of amides is 4. The van der Waals surface area contributed by atoms with E-state index in [-0.39, 0.29) is 42.9 Å². The number of carbonyl (C=O) groups excluding carboxylic acids is 5. The lowest BCUT2D eigenvalue weighted by Gasteiger charge is -2.19. The van der Waals surface area contributed by atoms with Crippen molar-refractivity contribution < 1.29 is 63.6 Å². The highest BCUT2D eigenvalue weighted by Gasteiger charge is 2.25. The molecular formula is C22H34N6O13S2. The van der Waals surface area contributed by atoms with Crippen LogP contribution in [0.15, 0.2) is 0 Å². The summed E-state index contributed by atoms with van der Waals surface area (Å²) in [4.78, 5) is 105. The molecule has 0 aromatic carbocycles. The van der Waals surface area contributed by atoms with Gasteiger partial charge >= 0.3 is 23.9 Å². The fourth-order valence-electron chi connectivity index (χ4n) is 2.77. The van der Waals surface area contributed by atoms with Crippen LogP contribution in [0.3, 0.4) is 0 Å². The highest BCUT2D eigenvalue weighted by Crippen LogP contribution is 2.13. The van der Waals surface area contributed by atoms with E-state index in [0.29, 0.717) is 11.8 Å². The van der Waals surface area contributed by atoms with Gasteiger partial charge < -0.3 is 53.2 Å². The number of aliphatic carboxylic acids is 4. The van der Waals surface area contributed by atoms with E-state index >= 15 is 0 Å². The van der Waals surface area contributed by atoms with E-state index in [9.17, 15) is 43.2 Å². The molecule has 0 radical (unpaired) electrons. The van der Waals surface area contributed by atoms with Crippen molar-refractivity contribution in [2.75, 3.05) is 30.3 Å². The molecule has 12 N–H and O–H groups in total. The first-order valence-corrected chi connectivity index (χ1v) is 14.4. The van der Waals surface area contributed by atoms with Crippen molar-refractivity contribution in [3.63, 3.8) is 0 Å². The Morgan fingerprint density at radius 2 is 1.02 bits per heavy atom. The molecule has 21 heteroatoms. The molecule has 0 aliphatic rings. The van der Waals surface area contributed by atoms with Crippen molar-refractivity contribution in [3.05, 3.63) is 0 Å². The monoisotopic (exact) mass is 654 g/mol. The van der Waals surface area contributed by atoms with Crippen molar-refractivity contribution >= 4 is 76.1 Å². The molecule has 0 aromatic rings. The summed E-state index contributed by atoms with van der Waals surface area (Å²) < 4.78 is 0. The van der Waals surface area contributed by atoms with E-state index in [2.05, 4.69) is 21.3 Å². The lowest BCUT2D eigenvalue weighted by Crippen LogP contribution is -2.50. The first-order valence-electron chi connectivity index (χ1n) is 12.3. The second-order valence-electron chi connectivity index (χ2n) is 8.63. The van der Waals surface area contributed by atoms with Gasteiger partial charge in [0.2, 0.25) is 23.6 Å². The van der Waals surface area contributed by atoms with Gasteiger partial charge in [-0.05, 0) is 12.8 Å². The molecule has 0 saturated carbocycles. The Morgan fingerprint density at radius 3 is 1.40 bits per heavy atom. The number of hydrogen-bond acceptors (Lipinski definition) is 13. The van der Waals surface area contributed by atoms with Crippen LogP contribution in [0.4, 0.5) is 0 Å². The normalized spacial score (nSPS) is 13.3. The van der Waals surface area contributed by atoms with Crippen LogP contribution in [0.1, 0.15) is 25.7 Å². The van der Waals surface area contributed by atoms with Gasteiger partial charge in [-0.2, -0.15) is 11.8 Å². The summed E-state index contributed by atoms with van der Waals surface area (Å²) >= 11 is 1.44. The highest BCUT2D eigenvalue weighted by atomic mass is 32.2. The predicted octanol–water partition coefficient (Wildman–Crippen LogP) is -4.27. The van der Waals surface area contributed by atoms with E-state index in [1.54, 1.807) is 0 Å². The predicted molar refractivity (Wildman–Crippen MR) is 150 cm³/mol. The maximum atomic E-state index is 12.4. The van der Waals surface area contributed by atoms with Crippen LogP contribution >= 0.6 is 23.5 Å². The van der Waals surface area contributed by atoms with Crippen LogP contribution in [0.5, 0.6) is 0 Å². The summed E-state index contributed by atoms with van der Waals surface area (Å²) in [5, 5.41) is 43.4. The van der Waals surface area contributed by atoms with Crippen molar-refractivity contribution in [1.29, 1.82) is 0 Å². The summed E-state index contributed by atoms with van der Waals surface area (Å²) in [6, 6.07) is -5.34. The first-order chi connectivity index (χ1) is 20.0. The second kappa shape index (κ2) is 20.9. The van der Waals surface area contributed by atoms with Crippen LogP contribution in [0.25, 0.3) is 0 Å². The van der Waals surface area contributed by atoms with Crippen molar-refractivity contribution in [2.45, 2.75) is 49.9 Å². The molecule has 4 amide bonds. The minimum atomic E-state index is -1.38. The highest BCUT2D eigenvalue weighted by molar-refractivity contribution is 8.15. The van der Waals surface area contributed by atoms with Gasteiger partial charge in [0.15, 0.2) is 5.12 Å². The molecule has 0 saturated heterocycles. The first kappa shape index (κ1) is 39.0. The minimum absolute atomic E-state index is 0.211. The van der Waals surface area contributed by atoms with E-state index in [1.807, 2.05) is 0 Å². The zero-order chi connectivity index (χ0) is 33.1. The van der Waals surface area contributed by atoms with Crippen molar-refractivity contribution in [3.8, 4) is 0 Å². The summed E-state index contributed by atoms with van der Waals surface area (Å²) in [7, 11) is 0. The lowest BCUT2D eigenvalue weighted by atomic mass is 10.1. The van der Waals surface area contributed by atoms with Gasteiger partial charge in [-0.3, -0.25) is 43.2 Å². The Morgan fingerprint density at radius 1 is 0.628 bits per heavy atom. The number of hydrogen-bond donors (Lipinski definition) is 10. The Labute approximate surface area is 252 Å². The van der Waals surface area contributed by atoms with E-state index < -0.39 is 89.9 Å². The Balaban J connectivity index is 5.12. The van der Waals surface area contributed by atoms with Crippen molar-refractivity contribution in [2.24, 2.45) is 11.5 Å². The molecule has 0 spiro atoms. The fourth-order valence-corrected chi connectivity index (χ4v) is 4.69.